The van der Waals surface area contributed by atoms with Gasteiger partial charge >= 0.3 is 0 Å². The molecule has 4 aromatic rings. The van der Waals surface area contributed by atoms with E-state index in [4.69, 9.17) is 0 Å². The second-order valence-electron chi connectivity index (χ2n) is 10.2. The Morgan fingerprint density at radius 2 is 1.68 bits per heavy atom. The van der Waals surface area contributed by atoms with Crippen LogP contribution >= 0.6 is 0 Å². The Labute approximate surface area is 232 Å². The van der Waals surface area contributed by atoms with Gasteiger partial charge in [0.15, 0.2) is 5.78 Å². The Kier molecular flexibility index (Phi) is 8.05. The van der Waals surface area contributed by atoms with Crippen molar-refractivity contribution < 1.29 is 19.2 Å². The van der Waals surface area contributed by atoms with Gasteiger partial charge < -0.3 is 20.5 Å². The highest BCUT2D eigenvalue weighted by Crippen LogP contribution is 2.22. The fourth-order valence-corrected chi connectivity index (χ4v) is 5.18. The fourth-order valence-electron chi connectivity index (χ4n) is 5.18. The Hall–Kier alpha value is -4.72. The van der Waals surface area contributed by atoms with Crippen molar-refractivity contribution in [2.24, 2.45) is 5.92 Å². The van der Waals surface area contributed by atoms with E-state index in [1.807, 2.05) is 92.0 Å². The Morgan fingerprint density at radius 1 is 0.950 bits per heavy atom. The van der Waals surface area contributed by atoms with Crippen molar-refractivity contribution in [2.45, 2.75) is 32.4 Å². The number of nitrogens with one attached hydrogen (secondary N) is 3. The molecule has 2 unspecified atom stereocenters. The maximum atomic E-state index is 13.7. The predicted octanol–water partition coefficient (Wildman–Crippen LogP) is 3.09. The van der Waals surface area contributed by atoms with Crippen LogP contribution in [0.4, 0.5) is 0 Å². The molecule has 1 aliphatic heterocycles. The second-order valence-corrected chi connectivity index (χ2v) is 10.2. The predicted molar refractivity (Wildman–Crippen MR) is 152 cm³/mol. The number of carbonyl (C=O) groups excluding carboxylic acids is 4. The molecule has 2 heterocycles. The molecule has 5 rings (SSSR count). The number of fused-ring (bicyclic) bond motifs is 1. The second kappa shape index (κ2) is 12.0. The van der Waals surface area contributed by atoms with Gasteiger partial charge in [-0.25, -0.2) is 0 Å². The van der Waals surface area contributed by atoms with Gasteiger partial charge in [-0.05, 0) is 41.7 Å². The van der Waals surface area contributed by atoms with Crippen LogP contribution in [0.1, 0.15) is 22.3 Å². The molecule has 2 atom stereocenters. The van der Waals surface area contributed by atoms with E-state index in [0.29, 0.717) is 6.42 Å². The average Bonchev–Trinajstić information content (AvgIpc) is 3.37. The molecule has 0 spiro atoms. The summed E-state index contributed by atoms with van der Waals surface area (Å²) in [6, 6.07) is 24.1. The SMILES string of the molecule is Cc1ccccc1CNC(=O)C(Cc1c[nH]c2ccccc12)C(=O)CN1CC(=O)NC(Cc2ccccc2)C1=O. The van der Waals surface area contributed by atoms with Gasteiger partial charge in [-0.1, -0.05) is 72.8 Å². The Balaban J connectivity index is 1.35. The number of ketones is 1. The summed E-state index contributed by atoms with van der Waals surface area (Å²) < 4.78 is 0. The summed E-state index contributed by atoms with van der Waals surface area (Å²) in [5.74, 6) is -2.51. The van der Waals surface area contributed by atoms with E-state index in [-0.39, 0.29) is 37.9 Å². The van der Waals surface area contributed by atoms with Crippen LogP contribution in [0.25, 0.3) is 10.9 Å². The van der Waals surface area contributed by atoms with E-state index in [1.165, 1.54) is 4.90 Å². The lowest BCUT2D eigenvalue weighted by molar-refractivity contribution is -0.147. The molecule has 8 heteroatoms. The minimum Gasteiger partial charge on any atom is -0.361 e. The minimum atomic E-state index is -1.03. The topological polar surface area (TPSA) is 111 Å². The maximum absolute atomic E-state index is 13.7. The van der Waals surface area contributed by atoms with Gasteiger partial charge in [0, 0.05) is 30.1 Å². The summed E-state index contributed by atoms with van der Waals surface area (Å²) in [6.07, 6.45) is 2.31. The zero-order valence-corrected chi connectivity index (χ0v) is 22.4. The highest BCUT2D eigenvalue weighted by Gasteiger charge is 2.36. The van der Waals surface area contributed by atoms with Gasteiger partial charge in [0.1, 0.15) is 18.5 Å². The van der Waals surface area contributed by atoms with Crippen LogP contribution in [0.5, 0.6) is 0 Å². The molecule has 0 saturated carbocycles. The molecule has 0 radical (unpaired) electrons. The third-order valence-corrected chi connectivity index (χ3v) is 7.43. The molecular weight excluding hydrogens is 504 g/mol. The monoisotopic (exact) mass is 536 g/mol. The summed E-state index contributed by atoms with van der Waals surface area (Å²) in [4.78, 5) is 57.5. The Morgan fingerprint density at radius 3 is 2.48 bits per heavy atom. The first-order valence-corrected chi connectivity index (χ1v) is 13.4. The van der Waals surface area contributed by atoms with Gasteiger partial charge in [-0.3, -0.25) is 19.2 Å². The average molecular weight is 537 g/mol. The van der Waals surface area contributed by atoms with Crippen molar-refractivity contribution in [3.05, 3.63) is 107 Å². The summed E-state index contributed by atoms with van der Waals surface area (Å²) >= 11 is 0. The Bertz CT molecular complexity index is 1540. The van der Waals surface area contributed by atoms with Crippen LogP contribution in [0.3, 0.4) is 0 Å². The summed E-state index contributed by atoms with van der Waals surface area (Å²) in [6.45, 7) is 1.71. The maximum Gasteiger partial charge on any atom is 0.246 e. The molecule has 3 amide bonds. The smallest absolute Gasteiger partial charge is 0.246 e. The molecular formula is C32H32N4O4. The number of carbonyl (C=O) groups is 4. The number of aromatic amines is 1. The van der Waals surface area contributed by atoms with Crippen LogP contribution < -0.4 is 10.6 Å². The number of benzene rings is 3. The third-order valence-electron chi connectivity index (χ3n) is 7.43. The molecule has 1 fully saturated rings. The molecule has 0 bridgehead atoms. The van der Waals surface area contributed by atoms with E-state index in [0.717, 1.165) is 33.2 Å². The number of aromatic nitrogens is 1. The molecule has 204 valence electrons. The largest absolute Gasteiger partial charge is 0.361 e. The van der Waals surface area contributed by atoms with Gasteiger partial charge in [0.2, 0.25) is 17.7 Å². The lowest BCUT2D eigenvalue weighted by Crippen LogP contribution is -2.60. The van der Waals surface area contributed by atoms with Gasteiger partial charge in [0.25, 0.3) is 0 Å². The summed E-state index contributed by atoms with van der Waals surface area (Å²) in [5, 5.41) is 6.61. The van der Waals surface area contributed by atoms with Crippen molar-refractivity contribution in [1.29, 1.82) is 0 Å². The highest BCUT2D eigenvalue weighted by atomic mass is 16.2. The lowest BCUT2D eigenvalue weighted by Gasteiger charge is -2.33. The van der Waals surface area contributed by atoms with E-state index >= 15 is 0 Å². The van der Waals surface area contributed by atoms with Crippen LogP contribution in [0, 0.1) is 12.8 Å². The van der Waals surface area contributed by atoms with E-state index in [9.17, 15) is 19.2 Å². The highest BCUT2D eigenvalue weighted by molar-refractivity contribution is 6.05. The van der Waals surface area contributed by atoms with E-state index in [2.05, 4.69) is 15.6 Å². The molecule has 1 saturated heterocycles. The molecule has 1 aromatic heterocycles. The normalized spacial score (nSPS) is 16.0. The van der Waals surface area contributed by atoms with E-state index in [1.54, 1.807) is 0 Å². The minimum absolute atomic E-state index is 0.171. The number of hydrogen-bond acceptors (Lipinski definition) is 4. The fraction of sp³-hybridized carbons (Fsp3) is 0.250. The molecule has 3 N–H and O–H groups in total. The number of piperazine rings is 1. The van der Waals surface area contributed by atoms with E-state index < -0.39 is 23.7 Å². The number of rotatable bonds is 10. The van der Waals surface area contributed by atoms with Gasteiger partial charge in [-0.2, -0.15) is 0 Å². The quantitative estimate of drug-likeness (QED) is 0.271. The number of para-hydroxylation sites is 1. The number of H-pyrrole nitrogens is 1. The number of Topliss-reactive ketones (excluding diaryl/α,β-unsaturated/α-hetero) is 1. The van der Waals surface area contributed by atoms with Crippen molar-refractivity contribution in [3.8, 4) is 0 Å². The van der Waals surface area contributed by atoms with Crippen molar-refractivity contribution in [3.63, 3.8) is 0 Å². The number of amides is 3. The molecule has 1 aliphatic rings. The van der Waals surface area contributed by atoms with Crippen molar-refractivity contribution >= 4 is 34.4 Å². The zero-order chi connectivity index (χ0) is 28.1. The standard InChI is InChI=1S/C32H32N4O4/c1-21-9-5-6-12-23(21)17-34-31(39)26(16-24-18-33-27-14-8-7-13-25(24)27)29(37)19-36-20-30(38)35-28(32(36)40)15-22-10-3-2-4-11-22/h2-14,18,26,28,33H,15-17,19-20H2,1H3,(H,34,39)(H,35,38). The third kappa shape index (κ3) is 6.12. The van der Waals surface area contributed by atoms with Crippen LogP contribution in [-0.2, 0) is 38.6 Å². The lowest BCUT2D eigenvalue weighted by atomic mass is 9.93. The first-order valence-electron chi connectivity index (χ1n) is 13.4. The zero-order valence-electron chi connectivity index (χ0n) is 22.4. The van der Waals surface area contributed by atoms with Gasteiger partial charge in [0.05, 0.1) is 6.54 Å². The molecule has 8 nitrogen and oxygen atoms in total. The number of nitrogens with zero attached hydrogens (tertiary/aromatic N) is 1. The van der Waals surface area contributed by atoms with Gasteiger partial charge in [-0.15, -0.1) is 0 Å². The first-order chi connectivity index (χ1) is 19.4. The number of aryl methyl sites for hydroxylation is 1. The molecule has 3 aromatic carbocycles. The summed E-state index contributed by atoms with van der Waals surface area (Å²) in [7, 11) is 0. The molecule has 40 heavy (non-hydrogen) atoms. The molecule has 0 aliphatic carbocycles. The van der Waals surface area contributed by atoms with Crippen LogP contribution in [0.15, 0.2) is 85.1 Å². The van der Waals surface area contributed by atoms with Crippen molar-refractivity contribution in [2.75, 3.05) is 13.1 Å². The first kappa shape index (κ1) is 26.9. The summed E-state index contributed by atoms with van der Waals surface area (Å²) in [5.41, 5.74) is 4.65. The van der Waals surface area contributed by atoms with Crippen molar-refractivity contribution in [1.82, 2.24) is 20.5 Å². The van der Waals surface area contributed by atoms with Crippen LogP contribution in [-0.4, -0.2) is 52.5 Å². The van der Waals surface area contributed by atoms with Crippen LogP contribution in [0.2, 0.25) is 0 Å². The number of hydrogen-bond donors (Lipinski definition) is 3.